The van der Waals surface area contributed by atoms with Crippen molar-refractivity contribution in [1.29, 1.82) is 0 Å². The number of fused-ring (bicyclic) bond motifs is 1. The van der Waals surface area contributed by atoms with Crippen LogP contribution in [-0.4, -0.2) is 28.3 Å². The average Bonchev–Trinajstić information content (AvgIpc) is 2.80. The zero-order valence-electron chi connectivity index (χ0n) is 16.2. The van der Waals surface area contributed by atoms with Crippen LogP contribution in [0.5, 0.6) is 0 Å². The lowest BCUT2D eigenvalue weighted by Crippen LogP contribution is -2.27. The van der Waals surface area contributed by atoms with Crippen molar-refractivity contribution >= 4 is 28.4 Å². The Bertz CT molecular complexity index is 1190. The summed E-state index contributed by atoms with van der Waals surface area (Å²) >= 11 is 0. The van der Waals surface area contributed by atoms with Crippen LogP contribution in [0, 0.1) is 0 Å². The van der Waals surface area contributed by atoms with Gasteiger partial charge in [0.15, 0.2) is 0 Å². The van der Waals surface area contributed by atoms with Crippen molar-refractivity contribution in [1.82, 2.24) is 15.3 Å². The second kappa shape index (κ2) is 8.96. The predicted octanol–water partition coefficient (Wildman–Crippen LogP) is 3.85. The number of carbonyl (C=O) groups is 2. The molecule has 0 unspecified atom stereocenters. The van der Waals surface area contributed by atoms with Gasteiger partial charge in [0, 0.05) is 18.1 Å². The molecule has 2 aromatic heterocycles. The Morgan fingerprint density at radius 3 is 2.33 bits per heavy atom. The minimum absolute atomic E-state index is 0.165. The predicted molar refractivity (Wildman–Crippen MR) is 116 cm³/mol. The van der Waals surface area contributed by atoms with Crippen LogP contribution in [-0.2, 0) is 6.42 Å². The lowest BCUT2D eigenvalue weighted by molar-refractivity contribution is 0.0949. The smallest absolute Gasteiger partial charge is 0.274 e. The molecule has 4 aromatic rings. The van der Waals surface area contributed by atoms with Crippen LogP contribution in [0.1, 0.15) is 26.5 Å². The van der Waals surface area contributed by atoms with Crippen LogP contribution in [0.4, 0.5) is 5.69 Å². The molecule has 0 aliphatic rings. The number of amides is 2. The van der Waals surface area contributed by atoms with Crippen molar-refractivity contribution in [2.24, 2.45) is 0 Å². The number of rotatable bonds is 6. The van der Waals surface area contributed by atoms with E-state index in [0.29, 0.717) is 17.7 Å². The first-order chi connectivity index (χ1) is 14.7. The topological polar surface area (TPSA) is 84.0 Å². The van der Waals surface area contributed by atoms with Crippen LogP contribution in [0.3, 0.4) is 0 Å². The summed E-state index contributed by atoms with van der Waals surface area (Å²) in [6, 6.07) is 24.1. The van der Waals surface area contributed by atoms with E-state index in [1.54, 1.807) is 30.5 Å². The summed E-state index contributed by atoms with van der Waals surface area (Å²) in [5.74, 6) is -0.709. The summed E-state index contributed by atoms with van der Waals surface area (Å²) in [4.78, 5) is 33.7. The highest BCUT2D eigenvalue weighted by molar-refractivity contribution is 6.07. The highest BCUT2D eigenvalue weighted by Gasteiger charge is 2.13. The monoisotopic (exact) mass is 396 g/mol. The largest absolute Gasteiger partial charge is 0.350 e. The van der Waals surface area contributed by atoms with Crippen molar-refractivity contribution in [3.8, 4) is 0 Å². The molecule has 2 aromatic carbocycles. The first kappa shape index (κ1) is 19.3. The third-order valence-corrected chi connectivity index (χ3v) is 4.64. The average molecular weight is 396 g/mol. The minimum Gasteiger partial charge on any atom is -0.350 e. The molecule has 6 nitrogen and oxygen atoms in total. The minimum atomic E-state index is -0.396. The van der Waals surface area contributed by atoms with Gasteiger partial charge >= 0.3 is 0 Å². The van der Waals surface area contributed by atoms with Gasteiger partial charge in [-0.05, 0) is 36.2 Å². The Morgan fingerprint density at radius 2 is 1.50 bits per heavy atom. The van der Waals surface area contributed by atoms with E-state index in [-0.39, 0.29) is 17.3 Å². The molecular formula is C24H20N4O2. The Balaban J connectivity index is 1.43. The third kappa shape index (κ3) is 4.50. The molecule has 6 heteroatoms. The summed E-state index contributed by atoms with van der Waals surface area (Å²) in [5.41, 5.74) is 2.80. The first-order valence-corrected chi connectivity index (χ1v) is 9.65. The van der Waals surface area contributed by atoms with E-state index < -0.39 is 5.91 Å². The van der Waals surface area contributed by atoms with E-state index in [1.165, 1.54) is 0 Å². The normalized spacial score (nSPS) is 10.5. The van der Waals surface area contributed by atoms with E-state index in [1.807, 2.05) is 54.6 Å². The number of aromatic nitrogens is 2. The van der Waals surface area contributed by atoms with Crippen LogP contribution in [0.15, 0.2) is 85.1 Å². The van der Waals surface area contributed by atoms with Gasteiger partial charge in [-0.25, -0.2) is 4.98 Å². The van der Waals surface area contributed by atoms with Crippen molar-refractivity contribution in [2.75, 3.05) is 11.9 Å². The number of nitrogens with zero attached hydrogens (tertiary/aromatic N) is 2. The second-order valence-corrected chi connectivity index (χ2v) is 6.73. The molecule has 0 bridgehead atoms. The molecule has 0 spiro atoms. The van der Waals surface area contributed by atoms with Gasteiger partial charge in [0.05, 0.1) is 11.2 Å². The fraction of sp³-hybridized carbons (Fsp3) is 0.0833. The van der Waals surface area contributed by atoms with Crippen LogP contribution < -0.4 is 10.6 Å². The van der Waals surface area contributed by atoms with Crippen molar-refractivity contribution in [3.05, 3.63) is 102 Å². The van der Waals surface area contributed by atoms with Gasteiger partial charge in [-0.15, -0.1) is 0 Å². The standard InChI is InChI=1S/C24H20N4O2/c29-23(26-16-14-17-7-2-1-3-8-17)20-12-5-13-21(27-20)24(30)28-19-11-4-9-18-10-6-15-25-22(18)19/h1-13,15H,14,16H2,(H,26,29)(H,28,30). The van der Waals surface area contributed by atoms with E-state index in [2.05, 4.69) is 20.6 Å². The molecule has 0 saturated heterocycles. The van der Waals surface area contributed by atoms with Crippen LogP contribution in [0.25, 0.3) is 10.9 Å². The fourth-order valence-corrected chi connectivity index (χ4v) is 3.13. The Hall–Kier alpha value is -4.06. The number of nitrogens with one attached hydrogen (secondary N) is 2. The van der Waals surface area contributed by atoms with E-state index >= 15 is 0 Å². The summed E-state index contributed by atoms with van der Waals surface area (Å²) < 4.78 is 0. The molecule has 0 aliphatic heterocycles. The third-order valence-electron chi connectivity index (χ3n) is 4.64. The summed E-state index contributed by atoms with van der Waals surface area (Å²) in [6.45, 7) is 0.489. The molecular weight excluding hydrogens is 376 g/mol. The number of benzene rings is 2. The quantitative estimate of drug-likeness (QED) is 0.518. The first-order valence-electron chi connectivity index (χ1n) is 9.65. The number of carbonyl (C=O) groups excluding carboxylic acids is 2. The van der Waals surface area contributed by atoms with Crippen molar-refractivity contribution in [2.45, 2.75) is 6.42 Å². The zero-order chi connectivity index (χ0) is 20.8. The van der Waals surface area contributed by atoms with Gasteiger partial charge in [0.1, 0.15) is 11.4 Å². The fourth-order valence-electron chi connectivity index (χ4n) is 3.13. The molecule has 2 N–H and O–H groups in total. The molecule has 2 heterocycles. The number of hydrogen-bond acceptors (Lipinski definition) is 4. The van der Waals surface area contributed by atoms with E-state index in [9.17, 15) is 9.59 Å². The van der Waals surface area contributed by atoms with Gasteiger partial charge < -0.3 is 10.6 Å². The van der Waals surface area contributed by atoms with Crippen molar-refractivity contribution < 1.29 is 9.59 Å². The molecule has 148 valence electrons. The van der Waals surface area contributed by atoms with Gasteiger partial charge in [-0.1, -0.05) is 54.6 Å². The molecule has 0 fully saturated rings. The van der Waals surface area contributed by atoms with Gasteiger partial charge in [0.25, 0.3) is 11.8 Å². The van der Waals surface area contributed by atoms with E-state index in [4.69, 9.17) is 0 Å². The Morgan fingerprint density at radius 1 is 0.767 bits per heavy atom. The zero-order valence-corrected chi connectivity index (χ0v) is 16.2. The maximum atomic E-state index is 12.7. The highest BCUT2D eigenvalue weighted by Crippen LogP contribution is 2.21. The van der Waals surface area contributed by atoms with Gasteiger partial charge in [-0.3, -0.25) is 14.6 Å². The lowest BCUT2D eigenvalue weighted by atomic mass is 10.1. The molecule has 4 rings (SSSR count). The molecule has 0 saturated carbocycles. The molecule has 0 radical (unpaired) electrons. The van der Waals surface area contributed by atoms with Crippen LogP contribution >= 0.6 is 0 Å². The maximum Gasteiger partial charge on any atom is 0.274 e. The molecule has 2 amide bonds. The molecule has 0 aliphatic carbocycles. The van der Waals surface area contributed by atoms with Gasteiger partial charge in [0.2, 0.25) is 0 Å². The summed E-state index contributed by atoms with van der Waals surface area (Å²) in [5, 5.41) is 6.61. The SMILES string of the molecule is O=C(NCCc1ccccc1)c1cccc(C(=O)Nc2cccc3cccnc23)n1. The summed E-state index contributed by atoms with van der Waals surface area (Å²) in [7, 11) is 0. The number of anilines is 1. The number of pyridine rings is 2. The Labute approximate surface area is 174 Å². The number of para-hydroxylation sites is 1. The molecule has 30 heavy (non-hydrogen) atoms. The van der Waals surface area contributed by atoms with Crippen molar-refractivity contribution in [3.63, 3.8) is 0 Å². The van der Waals surface area contributed by atoms with Crippen LogP contribution in [0.2, 0.25) is 0 Å². The highest BCUT2D eigenvalue weighted by atomic mass is 16.2. The van der Waals surface area contributed by atoms with Gasteiger partial charge in [-0.2, -0.15) is 0 Å². The number of hydrogen-bond donors (Lipinski definition) is 2. The Kier molecular flexibility index (Phi) is 5.75. The maximum absolute atomic E-state index is 12.7. The molecule has 0 atom stereocenters. The second-order valence-electron chi connectivity index (χ2n) is 6.73. The van der Waals surface area contributed by atoms with E-state index in [0.717, 1.165) is 17.4 Å². The summed E-state index contributed by atoms with van der Waals surface area (Å²) in [6.07, 6.45) is 2.40. The lowest BCUT2D eigenvalue weighted by Gasteiger charge is -2.09.